The normalized spacial score (nSPS) is 10.3. The Morgan fingerprint density at radius 2 is 2.00 bits per heavy atom. The maximum atomic E-state index is 12.1. The van der Waals surface area contributed by atoms with Crippen molar-refractivity contribution in [3.63, 3.8) is 0 Å². The van der Waals surface area contributed by atoms with Crippen LogP contribution in [0.25, 0.3) is 0 Å². The lowest BCUT2D eigenvalue weighted by atomic mass is 10.2. The van der Waals surface area contributed by atoms with Gasteiger partial charge < -0.3 is 15.6 Å². The summed E-state index contributed by atoms with van der Waals surface area (Å²) in [5, 5.41) is 3.06. The molecule has 1 aromatic heterocycles. The number of halogens is 2. The van der Waals surface area contributed by atoms with Gasteiger partial charge in [0, 0.05) is 24.9 Å². The predicted octanol–water partition coefficient (Wildman–Crippen LogP) is 2.53. The van der Waals surface area contributed by atoms with Gasteiger partial charge in [-0.15, -0.1) is 0 Å². The maximum Gasteiger partial charge on any atom is 0.255 e. The zero-order valence-electron chi connectivity index (χ0n) is 10.5. The van der Waals surface area contributed by atoms with E-state index in [2.05, 4.69) is 5.32 Å². The third kappa shape index (κ3) is 2.95. The first-order valence-electron chi connectivity index (χ1n) is 5.61. The molecule has 0 spiro atoms. The SMILES string of the molecule is Cn1cc(NC(=O)c2cc(N)c(Cl)c(Cl)c2)ccc1=O. The summed E-state index contributed by atoms with van der Waals surface area (Å²) in [5.74, 6) is -0.395. The third-order valence-corrected chi connectivity index (χ3v) is 3.48. The van der Waals surface area contributed by atoms with E-state index in [0.717, 1.165) is 0 Å². The minimum atomic E-state index is -0.395. The highest BCUT2D eigenvalue weighted by atomic mass is 35.5. The quantitative estimate of drug-likeness (QED) is 0.837. The molecular formula is C13H11Cl2N3O2. The van der Waals surface area contributed by atoms with E-state index in [1.165, 1.54) is 35.0 Å². The van der Waals surface area contributed by atoms with Gasteiger partial charge in [0.25, 0.3) is 5.91 Å². The van der Waals surface area contributed by atoms with Gasteiger partial charge >= 0.3 is 0 Å². The molecule has 3 N–H and O–H groups in total. The molecule has 1 amide bonds. The van der Waals surface area contributed by atoms with E-state index in [4.69, 9.17) is 28.9 Å². The molecule has 20 heavy (non-hydrogen) atoms. The van der Waals surface area contributed by atoms with Crippen molar-refractivity contribution >= 4 is 40.5 Å². The van der Waals surface area contributed by atoms with Crippen LogP contribution >= 0.6 is 23.2 Å². The first-order valence-corrected chi connectivity index (χ1v) is 6.36. The molecule has 0 fully saturated rings. The molecule has 1 aromatic carbocycles. The average molecular weight is 312 g/mol. The Morgan fingerprint density at radius 1 is 1.30 bits per heavy atom. The summed E-state index contributed by atoms with van der Waals surface area (Å²) in [7, 11) is 1.59. The predicted molar refractivity (Wildman–Crippen MR) is 80.5 cm³/mol. The number of aryl methyl sites for hydroxylation is 1. The Hall–Kier alpha value is -1.98. The van der Waals surface area contributed by atoms with Crippen molar-refractivity contribution in [2.45, 2.75) is 0 Å². The van der Waals surface area contributed by atoms with Gasteiger partial charge in [0.2, 0.25) is 5.56 Å². The molecule has 0 aliphatic rings. The summed E-state index contributed by atoms with van der Waals surface area (Å²) in [4.78, 5) is 23.3. The molecule has 0 atom stereocenters. The number of nitrogens with one attached hydrogen (secondary N) is 1. The number of pyridine rings is 1. The van der Waals surface area contributed by atoms with Gasteiger partial charge in [0.15, 0.2) is 0 Å². The molecule has 1 heterocycles. The summed E-state index contributed by atoms with van der Waals surface area (Å²) in [5.41, 5.74) is 6.49. The molecule has 0 saturated heterocycles. The Kier molecular flexibility index (Phi) is 4.01. The number of rotatable bonds is 2. The molecule has 5 nitrogen and oxygen atoms in total. The van der Waals surface area contributed by atoms with Crippen molar-refractivity contribution in [1.29, 1.82) is 0 Å². The van der Waals surface area contributed by atoms with E-state index >= 15 is 0 Å². The smallest absolute Gasteiger partial charge is 0.255 e. The van der Waals surface area contributed by atoms with Gasteiger partial charge in [-0.3, -0.25) is 9.59 Å². The number of aromatic nitrogens is 1. The number of carbonyl (C=O) groups is 1. The third-order valence-electron chi connectivity index (χ3n) is 2.66. The van der Waals surface area contributed by atoms with Crippen LogP contribution in [0.3, 0.4) is 0 Å². The van der Waals surface area contributed by atoms with Crippen molar-refractivity contribution in [2.75, 3.05) is 11.1 Å². The second kappa shape index (κ2) is 5.56. The zero-order chi connectivity index (χ0) is 14.9. The lowest BCUT2D eigenvalue weighted by molar-refractivity contribution is 0.102. The van der Waals surface area contributed by atoms with E-state index < -0.39 is 5.91 Å². The Balaban J connectivity index is 2.28. The fraction of sp³-hybridized carbons (Fsp3) is 0.0769. The molecule has 7 heteroatoms. The number of amides is 1. The van der Waals surface area contributed by atoms with Gasteiger partial charge in [-0.25, -0.2) is 0 Å². The molecule has 0 saturated carbocycles. The number of nitrogens with zero attached hydrogens (tertiary/aromatic N) is 1. The molecule has 2 aromatic rings. The number of nitrogens with two attached hydrogens (primary N) is 1. The highest BCUT2D eigenvalue weighted by molar-refractivity contribution is 6.44. The van der Waals surface area contributed by atoms with E-state index in [1.54, 1.807) is 7.05 Å². The van der Waals surface area contributed by atoms with Crippen LogP contribution in [-0.4, -0.2) is 10.5 Å². The van der Waals surface area contributed by atoms with Gasteiger partial charge in [-0.1, -0.05) is 23.2 Å². The fourth-order valence-electron chi connectivity index (χ4n) is 1.61. The second-order valence-electron chi connectivity index (χ2n) is 4.18. The molecule has 2 rings (SSSR count). The van der Waals surface area contributed by atoms with Crippen LogP contribution in [0.15, 0.2) is 35.3 Å². The average Bonchev–Trinajstić information content (AvgIpc) is 2.39. The van der Waals surface area contributed by atoms with Crippen LogP contribution in [0.4, 0.5) is 11.4 Å². The Morgan fingerprint density at radius 3 is 2.60 bits per heavy atom. The monoisotopic (exact) mass is 311 g/mol. The standard InChI is InChI=1S/C13H11Cl2N3O2/c1-18-6-8(2-3-11(18)19)17-13(20)7-4-9(14)12(15)10(16)5-7/h2-6H,16H2,1H3,(H,17,20). The van der Waals surface area contributed by atoms with Gasteiger partial charge in [-0.05, 0) is 18.2 Å². The van der Waals surface area contributed by atoms with Crippen LogP contribution in [0.1, 0.15) is 10.4 Å². The molecule has 0 aliphatic carbocycles. The maximum absolute atomic E-state index is 12.1. The van der Waals surface area contributed by atoms with Gasteiger partial charge in [0.05, 0.1) is 21.4 Å². The van der Waals surface area contributed by atoms with E-state index in [0.29, 0.717) is 5.69 Å². The summed E-state index contributed by atoms with van der Waals surface area (Å²) >= 11 is 11.7. The largest absolute Gasteiger partial charge is 0.397 e. The van der Waals surface area contributed by atoms with Crippen molar-refractivity contribution in [1.82, 2.24) is 4.57 Å². The lowest BCUT2D eigenvalue weighted by Crippen LogP contribution is -2.18. The van der Waals surface area contributed by atoms with Crippen molar-refractivity contribution in [2.24, 2.45) is 7.05 Å². The minimum Gasteiger partial charge on any atom is -0.397 e. The number of nitrogen functional groups attached to an aromatic ring is 1. The van der Waals surface area contributed by atoms with Gasteiger partial charge in [0.1, 0.15) is 0 Å². The summed E-state index contributed by atoms with van der Waals surface area (Å²) < 4.78 is 1.36. The summed E-state index contributed by atoms with van der Waals surface area (Å²) in [6, 6.07) is 5.74. The van der Waals surface area contributed by atoms with Crippen LogP contribution in [0.5, 0.6) is 0 Å². The molecule has 104 valence electrons. The highest BCUT2D eigenvalue weighted by Crippen LogP contribution is 2.29. The highest BCUT2D eigenvalue weighted by Gasteiger charge is 2.11. The van der Waals surface area contributed by atoms with Crippen molar-refractivity contribution in [3.05, 3.63) is 56.4 Å². The molecule has 0 aliphatic heterocycles. The summed E-state index contributed by atoms with van der Waals surface area (Å²) in [6.45, 7) is 0. The summed E-state index contributed by atoms with van der Waals surface area (Å²) in [6.07, 6.45) is 1.51. The van der Waals surface area contributed by atoms with E-state index in [9.17, 15) is 9.59 Å². The van der Waals surface area contributed by atoms with E-state index in [-0.39, 0.29) is 26.9 Å². The van der Waals surface area contributed by atoms with Crippen molar-refractivity contribution < 1.29 is 4.79 Å². The number of anilines is 2. The number of hydrogen-bond acceptors (Lipinski definition) is 3. The number of benzene rings is 1. The molecule has 0 bridgehead atoms. The van der Waals surface area contributed by atoms with Gasteiger partial charge in [-0.2, -0.15) is 0 Å². The number of carbonyl (C=O) groups excluding carboxylic acids is 1. The lowest BCUT2D eigenvalue weighted by Gasteiger charge is -2.08. The molecule has 0 unspecified atom stereocenters. The Labute approximate surface area is 124 Å². The van der Waals surface area contributed by atoms with Crippen LogP contribution in [0.2, 0.25) is 10.0 Å². The number of hydrogen-bond donors (Lipinski definition) is 2. The van der Waals surface area contributed by atoms with Crippen LogP contribution < -0.4 is 16.6 Å². The second-order valence-corrected chi connectivity index (χ2v) is 4.97. The van der Waals surface area contributed by atoms with Crippen LogP contribution in [-0.2, 0) is 7.05 Å². The first kappa shape index (κ1) is 14.4. The first-order chi connectivity index (χ1) is 9.38. The molecular weight excluding hydrogens is 301 g/mol. The fourth-order valence-corrected chi connectivity index (χ4v) is 1.95. The molecule has 0 radical (unpaired) electrons. The van der Waals surface area contributed by atoms with Crippen molar-refractivity contribution in [3.8, 4) is 0 Å². The minimum absolute atomic E-state index is 0.165. The Bertz CT molecular complexity index is 718. The van der Waals surface area contributed by atoms with Crippen LogP contribution in [0, 0.1) is 0 Å². The van der Waals surface area contributed by atoms with E-state index in [1.807, 2.05) is 0 Å². The topological polar surface area (TPSA) is 77.1 Å². The zero-order valence-corrected chi connectivity index (χ0v) is 12.0.